The topological polar surface area (TPSA) is 81.1 Å². The van der Waals surface area contributed by atoms with Crippen LogP contribution in [0.15, 0.2) is 46.3 Å². The number of allylic oxidation sites excluding steroid dienone is 2. The molecule has 1 aromatic rings. The monoisotopic (exact) mass is 357 g/mol. The first-order valence-corrected chi connectivity index (χ1v) is 6.74. The van der Waals surface area contributed by atoms with Gasteiger partial charge in [-0.2, -0.15) is 0 Å². The summed E-state index contributed by atoms with van der Waals surface area (Å²) < 4.78 is 1.94. The normalized spacial score (nSPS) is 11.7. The van der Waals surface area contributed by atoms with Gasteiger partial charge in [0.25, 0.3) is 5.91 Å². The minimum absolute atomic E-state index is 0.192. The Kier molecular flexibility index (Phi) is 6.27. The van der Waals surface area contributed by atoms with Gasteiger partial charge in [-0.1, -0.05) is 28.7 Å². The molecule has 5 heteroatoms. The molecular formula is C13H16IN3O. The molecule has 0 radical (unpaired) electrons. The fourth-order valence-corrected chi connectivity index (χ4v) is 1.62. The molecule has 0 saturated carbocycles. The molecule has 1 amide bonds. The molecule has 0 aliphatic carbocycles. The fourth-order valence-electron chi connectivity index (χ4n) is 1.26. The van der Waals surface area contributed by atoms with Crippen molar-refractivity contribution in [2.24, 2.45) is 5.73 Å². The molecule has 5 N–H and O–H groups in total. The summed E-state index contributed by atoms with van der Waals surface area (Å²) in [6, 6.07) is 6.72. The number of nitrogens with two attached hydrogens (primary N) is 2. The Morgan fingerprint density at radius 2 is 2.00 bits per heavy atom. The summed E-state index contributed by atoms with van der Waals surface area (Å²) in [7, 11) is 0. The molecule has 0 saturated heterocycles. The highest BCUT2D eigenvalue weighted by Gasteiger charge is 2.02. The van der Waals surface area contributed by atoms with Gasteiger partial charge in [-0.15, -0.1) is 0 Å². The van der Waals surface area contributed by atoms with Crippen LogP contribution in [0, 0.1) is 0 Å². The third-order valence-electron chi connectivity index (χ3n) is 2.25. The van der Waals surface area contributed by atoms with Crippen molar-refractivity contribution in [1.82, 2.24) is 5.32 Å². The van der Waals surface area contributed by atoms with E-state index in [0.29, 0.717) is 16.9 Å². The Hall–Kier alpha value is -1.50. The van der Waals surface area contributed by atoms with Crippen molar-refractivity contribution in [2.75, 3.05) is 5.73 Å². The van der Waals surface area contributed by atoms with Crippen molar-refractivity contribution in [1.29, 1.82) is 0 Å². The smallest absolute Gasteiger partial charge is 0.255 e. The van der Waals surface area contributed by atoms with Crippen LogP contribution in [0.25, 0.3) is 0 Å². The zero-order valence-electron chi connectivity index (χ0n) is 9.90. The Morgan fingerprint density at radius 3 is 2.61 bits per heavy atom. The molecule has 0 fully saturated rings. The minimum Gasteiger partial charge on any atom is -0.401 e. The molecule has 1 rings (SSSR count). The summed E-state index contributed by atoms with van der Waals surface area (Å²) in [5, 5.41) is 2.65. The molecule has 0 atom stereocenters. The Balaban J connectivity index is 2.49. The van der Waals surface area contributed by atoms with Gasteiger partial charge in [-0.25, -0.2) is 0 Å². The number of anilines is 1. The average Bonchev–Trinajstić information content (AvgIpc) is 2.37. The number of hydrogen-bond acceptors (Lipinski definition) is 3. The van der Waals surface area contributed by atoms with Crippen LogP contribution in [0.5, 0.6) is 0 Å². The lowest BCUT2D eigenvalue weighted by atomic mass is 10.2. The molecule has 96 valence electrons. The second kappa shape index (κ2) is 7.75. The van der Waals surface area contributed by atoms with E-state index >= 15 is 0 Å². The molecule has 4 nitrogen and oxygen atoms in total. The van der Waals surface area contributed by atoms with E-state index in [1.54, 1.807) is 30.5 Å². The molecule has 0 aliphatic rings. The minimum atomic E-state index is -0.192. The van der Waals surface area contributed by atoms with Gasteiger partial charge in [0.1, 0.15) is 0 Å². The number of hydrogen-bond donors (Lipinski definition) is 3. The van der Waals surface area contributed by atoms with E-state index in [9.17, 15) is 4.79 Å². The first-order valence-electron chi connectivity index (χ1n) is 5.49. The first kappa shape index (κ1) is 14.6. The van der Waals surface area contributed by atoms with Crippen LogP contribution < -0.4 is 16.8 Å². The van der Waals surface area contributed by atoms with Crippen molar-refractivity contribution in [2.45, 2.75) is 12.8 Å². The zero-order valence-corrected chi connectivity index (χ0v) is 12.1. The van der Waals surface area contributed by atoms with Crippen LogP contribution in [-0.4, -0.2) is 5.91 Å². The van der Waals surface area contributed by atoms with E-state index in [0.717, 1.165) is 12.8 Å². The second-order valence-corrected chi connectivity index (χ2v) is 4.43. The summed E-state index contributed by atoms with van der Waals surface area (Å²) in [5.74, 6) is -0.192. The summed E-state index contributed by atoms with van der Waals surface area (Å²) >= 11 is 2.16. The van der Waals surface area contributed by atoms with Gasteiger partial charge in [0.15, 0.2) is 0 Å². The van der Waals surface area contributed by atoms with Crippen LogP contribution in [-0.2, 0) is 0 Å². The molecule has 0 spiro atoms. The highest BCUT2D eigenvalue weighted by atomic mass is 127. The largest absolute Gasteiger partial charge is 0.401 e. The molecule has 0 aliphatic heterocycles. The maximum Gasteiger partial charge on any atom is 0.255 e. The molecule has 0 heterocycles. The van der Waals surface area contributed by atoms with Gasteiger partial charge in [-0.05, 0) is 41.2 Å². The molecule has 0 bridgehead atoms. The lowest BCUT2D eigenvalue weighted by molar-refractivity contribution is 0.0969. The summed E-state index contributed by atoms with van der Waals surface area (Å²) in [6.07, 6.45) is 5.15. The number of benzene rings is 1. The third kappa shape index (κ3) is 5.22. The van der Waals surface area contributed by atoms with Gasteiger partial charge in [0.2, 0.25) is 0 Å². The maximum absolute atomic E-state index is 11.7. The molecule has 0 unspecified atom stereocenters. The van der Waals surface area contributed by atoms with E-state index in [1.165, 1.54) is 0 Å². The molecule has 18 heavy (non-hydrogen) atoms. The number of nitrogens with one attached hydrogen (secondary N) is 1. The van der Waals surface area contributed by atoms with Gasteiger partial charge < -0.3 is 16.8 Å². The van der Waals surface area contributed by atoms with E-state index in [4.69, 9.17) is 11.5 Å². The predicted molar refractivity (Wildman–Crippen MR) is 83.0 cm³/mol. The van der Waals surface area contributed by atoms with Crippen molar-refractivity contribution in [3.8, 4) is 0 Å². The number of halogens is 1. The highest BCUT2D eigenvalue weighted by Crippen LogP contribution is 2.05. The average molecular weight is 357 g/mol. The summed E-state index contributed by atoms with van der Waals surface area (Å²) in [5.41, 5.74) is 13.1. The second-order valence-electron chi connectivity index (χ2n) is 3.72. The molecule has 1 aromatic carbocycles. The van der Waals surface area contributed by atoms with E-state index in [2.05, 4.69) is 27.9 Å². The van der Waals surface area contributed by atoms with E-state index in [1.807, 2.05) is 10.2 Å². The van der Waals surface area contributed by atoms with E-state index < -0.39 is 0 Å². The number of rotatable bonds is 5. The van der Waals surface area contributed by atoms with Gasteiger partial charge in [-0.3, -0.25) is 4.79 Å². The standard InChI is InChI=1S/C13H16IN3O/c14-8-2-1-3-12(16)9-17-13(18)10-4-6-11(15)7-5-10/h2,4-9H,1,3,15-16H2,(H,17,18)/b8-2-,12-9-. The van der Waals surface area contributed by atoms with Gasteiger partial charge >= 0.3 is 0 Å². The Labute approximate surface area is 120 Å². The van der Waals surface area contributed by atoms with Gasteiger partial charge in [0, 0.05) is 23.1 Å². The number of amides is 1. The van der Waals surface area contributed by atoms with Crippen molar-refractivity contribution < 1.29 is 4.79 Å². The Bertz CT molecular complexity index is 452. The maximum atomic E-state index is 11.7. The van der Waals surface area contributed by atoms with Crippen LogP contribution >= 0.6 is 22.6 Å². The third-order valence-corrected chi connectivity index (χ3v) is 2.76. The summed E-state index contributed by atoms with van der Waals surface area (Å²) in [6.45, 7) is 0. The van der Waals surface area contributed by atoms with E-state index in [-0.39, 0.29) is 5.91 Å². The van der Waals surface area contributed by atoms with Crippen molar-refractivity contribution in [3.05, 3.63) is 51.9 Å². The number of carbonyl (C=O) groups is 1. The lowest BCUT2D eigenvalue weighted by Gasteiger charge is -2.03. The Morgan fingerprint density at radius 1 is 1.33 bits per heavy atom. The van der Waals surface area contributed by atoms with Crippen LogP contribution in [0.1, 0.15) is 23.2 Å². The SMILES string of the molecule is N/C(=C\NC(=O)c1ccc(N)cc1)CC/C=C\I. The van der Waals surface area contributed by atoms with Crippen molar-refractivity contribution in [3.63, 3.8) is 0 Å². The van der Waals surface area contributed by atoms with Gasteiger partial charge in [0.05, 0.1) is 0 Å². The number of carbonyl (C=O) groups excluding carboxylic acids is 1. The summed E-state index contributed by atoms with van der Waals surface area (Å²) in [4.78, 5) is 11.7. The van der Waals surface area contributed by atoms with Crippen LogP contribution in [0.2, 0.25) is 0 Å². The number of nitrogen functional groups attached to an aromatic ring is 1. The van der Waals surface area contributed by atoms with Crippen molar-refractivity contribution >= 4 is 34.2 Å². The zero-order chi connectivity index (χ0) is 13.4. The predicted octanol–water partition coefficient (Wildman–Crippen LogP) is 2.53. The first-order chi connectivity index (χ1) is 8.63. The quantitative estimate of drug-likeness (QED) is 0.560. The molecular weight excluding hydrogens is 341 g/mol. The molecule has 0 aromatic heterocycles. The van der Waals surface area contributed by atoms with Crippen LogP contribution in [0.3, 0.4) is 0 Å². The van der Waals surface area contributed by atoms with Crippen LogP contribution in [0.4, 0.5) is 5.69 Å². The fraction of sp³-hybridized carbons (Fsp3) is 0.154. The lowest BCUT2D eigenvalue weighted by Crippen LogP contribution is -2.19. The highest BCUT2D eigenvalue weighted by molar-refractivity contribution is 14.1.